The van der Waals surface area contributed by atoms with Gasteiger partial charge in [0.2, 0.25) is 5.75 Å². The Bertz CT molecular complexity index is 2300. The summed E-state index contributed by atoms with van der Waals surface area (Å²) in [5.74, 6) is 6.74. The average Bonchev–Trinajstić information content (AvgIpc) is 1.65. The third-order valence-electron chi connectivity index (χ3n) is 20.0. The number of fused-ring (bicyclic) bond motifs is 8. The van der Waals surface area contributed by atoms with Crippen LogP contribution >= 0.6 is 0 Å². The summed E-state index contributed by atoms with van der Waals surface area (Å²) in [7, 11) is 6.30. The van der Waals surface area contributed by atoms with Crippen molar-refractivity contribution in [2.24, 2.45) is 59.2 Å². The molecule has 1 aliphatic carbocycles. The van der Waals surface area contributed by atoms with E-state index in [1.807, 2.05) is 12.1 Å². The van der Waals surface area contributed by atoms with Crippen molar-refractivity contribution in [1.29, 1.82) is 0 Å². The summed E-state index contributed by atoms with van der Waals surface area (Å²) < 4.78 is 80.7. The number of hydrogen-bond acceptors (Lipinski definition) is 22. The van der Waals surface area contributed by atoms with Gasteiger partial charge in [-0.05, 0) is 91.2 Å². The number of methoxy groups -OCH3 is 4. The highest BCUT2D eigenvalue weighted by atomic mass is 16.6. The van der Waals surface area contributed by atoms with Crippen molar-refractivity contribution < 1.29 is 90.9 Å². The number of aliphatic hydroxyl groups excluding tert-OH is 1. The van der Waals surface area contributed by atoms with Crippen molar-refractivity contribution in [2.75, 3.05) is 147 Å². The molecule has 7 rings (SSSR count). The zero-order valence-electron chi connectivity index (χ0n) is 55.3. The quantitative estimate of drug-likeness (QED) is 0.0296. The molecule has 0 amide bonds. The van der Waals surface area contributed by atoms with Gasteiger partial charge in [0.25, 0.3) is 0 Å². The molecule has 6 fully saturated rings. The van der Waals surface area contributed by atoms with E-state index in [1.165, 1.54) is 7.11 Å². The Labute approximate surface area is 535 Å². The van der Waals surface area contributed by atoms with E-state index in [4.69, 9.17) is 66.3 Å². The molecule has 1 saturated carbocycles. The molecule has 6 aliphatic rings. The highest BCUT2D eigenvalue weighted by Gasteiger charge is 2.60. The molecule has 512 valence electrons. The number of aliphatic hydroxyl groups is 1. The highest BCUT2D eigenvalue weighted by molar-refractivity contribution is 5.74. The van der Waals surface area contributed by atoms with Crippen LogP contribution in [0.25, 0.3) is 0 Å². The Balaban J connectivity index is 1.19. The molecule has 0 radical (unpaired) electrons. The predicted octanol–water partition coefficient (Wildman–Crippen LogP) is 4.69. The van der Waals surface area contributed by atoms with Crippen LogP contribution in [0.1, 0.15) is 98.0 Å². The maximum Gasteiger partial charge on any atom is 0.311 e. The van der Waals surface area contributed by atoms with E-state index in [0.717, 1.165) is 12.8 Å². The van der Waals surface area contributed by atoms with Crippen LogP contribution in [0, 0.1) is 71.0 Å². The fourth-order valence-electron chi connectivity index (χ4n) is 15.5. The summed E-state index contributed by atoms with van der Waals surface area (Å²) in [6.45, 7) is 17.5. The number of aliphatic carboxylic acids is 1. The standard InChI is InChI=1S/C67H110N4O19/c1-10-47-42(2)51-40-54-60(45(5)63(70-54)49(14-12-11-13-15-58(73)74)62-43(3)48(16-17-59(75)80-9)64(71-62)50-38-55(72)61-44(4)52(69-65(50)61)39-53(47)68-51)67(76)90-41-46-36-56(87-33-30-84-27-24-81-21-18-77-6)66(89-35-32-86-29-26-83-23-20-79-8)57(37-46)88-34-31-85-28-25-82-22-19-78-7/h36-37,42-45,47-55,60-65,68-72H,10-11,13,15-35,38-41H2,1-9H3,(H,73,74)/t42?,43-,44?,45?,47?,48-,49?,50?,51?,52?,53?,54?,55?,60?,61?,62?,63?,64?,65?/m0/s1. The van der Waals surface area contributed by atoms with Crippen LogP contribution in [0.15, 0.2) is 12.1 Å². The Morgan fingerprint density at radius 3 is 1.63 bits per heavy atom. The molecular weight excluding hydrogens is 1160 g/mol. The normalized spacial score (nSPS) is 31.7. The van der Waals surface area contributed by atoms with Gasteiger partial charge in [-0.3, -0.25) is 14.4 Å². The first-order chi connectivity index (χ1) is 43.7. The minimum atomic E-state index is -0.868. The van der Waals surface area contributed by atoms with E-state index in [1.54, 1.807) is 21.3 Å². The van der Waals surface area contributed by atoms with E-state index >= 15 is 4.79 Å². The van der Waals surface area contributed by atoms with Crippen LogP contribution in [0.4, 0.5) is 0 Å². The second kappa shape index (κ2) is 39.0. The summed E-state index contributed by atoms with van der Waals surface area (Å²) >= 11 is 0. The number of hydrogen-bond donors (Lipinski definition) is 6. The van der Waals surface area contributed by atoms with Crippen LogP contribution in [0.2, 0.25) is 0 Å². The number of carboxylic acid groups (broad SMARTS) is 1. The second-order valence-corrected chi connectivity index (χ2v) is 25.3. The van der Waals surface area contributed by atoms with E-state index < -0.39 is 18.0 Å². The molecule has 23 nitrogen and oxygen atoms in total. The van der Waals surface area contributed by atoms with Crippen molar-refractivity contribution in [2.45, 2.75) is 153 Å². The van der Waals surface area contributed by atoms with E-state index in [2.05, 4.69) is 67.7 Å². The minimum Gasteiger partial charge on any atom is -0.487 e. The predicted molar refractivity (Wildman–Crippen MR) is 334 cm³/mol. The lowest BCUT2D eigenvalue weighted by molar-refractivity contribution is -0.152. The van der Waals surface area contributed by atoms with Crippen LogP contribution in [-0.4, -0.2) is 230 Å². The first-order valence-electron chi connectivity index (χ1n) is 33.4. The third kappa shape index (κ3) is 20.8. The van der Waals surface area contributed by atoms with Gasteiger partial charge in [-0.2, -0.15) is 0 Å². The molecule has 23 heteroatoms. The minimum absolute atomic E-state index is 0.00744. The summed E-state index contributed by atoms with van der Waals surface area (Å²) in [5, 5.41) is 38.2. The fourth-order valence-corrected chi connectivity index (χ4v) is 15.5. The summed E-state index contributed by atoms with van der Waals surface area (Å²) in [6.07, 6.45) is 4.43. The van der Waals surface area contributed by atoms with Gasteiger partial charge in [0.05, 0.1) is 124 Å². The van der Waals surface area contributed by atoms with Crippen molar-refractivity contribution in [3.05, 3.63) is 17.7 Å². The number of nitrogens with one attached hydrogen (secondary N) is 4. The number of esters is 2. The number of carbonyl (C=O) groups excluding carboxylic acids is 2. The molecule has 1 aromatic carbocycles. The van der Waals surface area contributed by atoms with E-state index in [-0.39, 0.29) is 161 Å². The van der Waals surface area contributed by atoms with Gasteiger partial charge in [0, 0.05) is 94.8 Å². The molecule has 1 aromatic rings. The molecule has 90 heavy (non-hydrogen) atoms. The maximum atomic E-state index is 15.5. The SMILES string of the molecule is CCC1C2CC3NC4C(CC(O)C4C3C)C3NC(C(C#CCCCC(=O)O)C4NC(CC(N2)C1C)C(C(=O)OCc1cc(OCCOCCOCCOC)c(OCCOCCOCCOC)c(OCCOCCOCCOC)c1)C4C)[C@@H](C)[C@@H]3CCC(=O)OC. The summed E-state index contributed by atoms with van der Waals surface area (Å²) in [4.78, 5) is 40.1. The number of carboxylic acids is 1. The van der Waals surface area contributed by atoms with Gasteiger partial charge in [-0.1, -0.05) is 47.0 Å². The number of carbonyl (C=O) groups is 3. The zero-order chi connectivity index (χ0) is 64.4. The fraction of sp³-hybridized carbons (Fsp3) is 0.836. The van der Waals surface area contributed by atoms with Gasteiger partial charge in [0.1, 0.15) is 26.4 Å². The molecule has 5 aliphatic heterocycles. The largest absolute Gasteiger partial charge is 0.487 e. The lowest BCUT2D eigenvalue weighted by atomic mass is 9.73. The molecule has 0 aromatic heterocycles. The molecule has 5 saturated heterocycles. The molecule has 8 bridgehead atoms. The average molecular weight is 1280 g/mol. The van der Waals surface area contributed by atoms with Gasteiger partial charge in [-0.25, -0.2) is 0 Å². The van der Waals surface area contributed by atoms with Crippen molar-refractivity contribution >= 4 is 17.9 Å². The van der Waals surface area contributed by atoms with E-state index in [0.29, 0.717) is 146 Å². The Hall–Kier alpha value is -3.97. The first-order valence-corrected chi connectivity index (χ1v) is 33.4. The van der Waals surface area contributed by atoms with Gasteiger partial charge >= 0.3 is 17.9 Å². The third-order valence-corrected chi connectivity index (χ3v) is 20.0. The molecular formula is C67H110N4O19. The smallest absolute Gasteiger partial charge is 0.311 e. The number of ether oxygens (including phenoxy) is 14. The van der Waals surface area contributed by atoms with Crippen LogP contribution in [0.5, 0.6) is 17.2 Å². The van der Waals surface area contributed by atoms with Crippen LogP contribution in [0.3, 0.4) is 0 Å². The second-order valence-electron chi connectivity index (χ2n) is 25.3. The van der Waals surface area contributed by atoms with Crippen molar-refractivity contribution in [3.63, 3.8) is 0 Å². The highest BCUT2D eigenvalue weighted by Crippen LogP contribution is 2.51. The summed E-state index contributed by atoms with van der Waals surface area (Å²) in [5.41, 5.74) is 0.608. The zero-order valence-corrected chi connectivity index (χ0v) is 55.3. The number of unbranched alkanes of at least 4 members (excludes halogenated alkanes) is 1. The molecule has 6 N–H and O–H groups in total. The molecule has 0 spiro atoms. The summed E-state index contributed by atoms with van der Waals surface area (Å²) in [6, 6.07) is 3.38. The lowest BCUT2D eigenvalue weighted by Gasteiger charge is -2.33. The van der Waals surface area contributed by atoms with Crippen molar-refractivity contribution in [1.82, 2.24) is 21.3 Å². The van der Waals surface area contributed by atoms with Gasteiger partial charge in [-0.15, -0.1) is 5.92 Å². The van der Waals surface area contributed by atoms with Gasteiger partial charge < -0.3 is 97.8 Å². The lowest BCUT2D eigenvalue weighted by Crippen LogP contribution is -2.51. The Kier molecular flexibility index (Phi) is 31.8. The van der Waals surface area contributed by atoms with Crippen molar-refractivity contribution in [3.8, 4) is 29.1 Å². The van der Waals surface area contributed by atoms with Crippen LogP contribution < -0.4 is 35.5 Å². The first kappa shape index (κ1) is 73.4. The van der Waals surface area contributed by atoms with E-state index in [9.17, 15) is 19.8 Å². The number of rotatable bonds is 40. The monoisotopic (exact) mass is 1270 g/mol. The van der Waals surface area contributed by atoms with Gasteiger partial charge in [0.15, 0.2) is 11.5 Å². The van der Waals surface area contributed by atoms with Crippen LogP contribution in [-0.2, 0) is 73.1 Å². The molecule has 19 atom stereocenters. The topological polar surface area (TPSA) is 269 Å². The Morgan fingerprint density at radius 2 is 1.08 bits per heavy atom. The molecule has 17 unspecified atom stereocenters. The number of benzene rings is 1. The Morgan fingerprint density at radius 1 is 0.556 bits per heavy atom. The maximum absolute atomic E-state index is 15.5. The molecule has 5 heterocycles.